The molecule has 2 aliphatic rings. The average Bonchev–Trinajstić information content (AvgIpc) is 3.15. The summed E-state index contributed by atoms with van der Waals surface area (Å²) in [7, 11) is 0. The molecule has 2 heterocycles. The molecule has 0 amide bonds. The van der Waals surface area contributed by atoms with Gasteiger partial charge in [-0.1, -0.05) is 48.9 Å². The molecule has 28 heavy (non-hydrogen) atoms. The summed E-state index contributed by atoms with van der Waals surface area (Å²) < 4.78 is 12.2. The quantitative estimate of drug-likeness (QED) is 0.656. The van der Waals surface area contributed by atoms with Crippen molar-refractivity contribution in [3.8, 4) is 11.8 Å². The summed E-state index contributed by atoms with van der Waals surface area (Å²) in [4.78, 5) is 0. The van der Waals surface area contributed by atoms with Crippen LogP contribution in [0.2, 0.25) is 5.02 Å². The molecule has 146 valence electrons. The Bertz CT molecular complexity index is 890. The van der Waals surface area contributed by atoms with Crippen LogP contribution in [0.15, 0.2) is 30.3 Å². The first-order valence-corrected chi connectivity index (χ1v) is 10.5. The average molecular weight is 396 g/mol. The Morgan fingerprint density at radius 2 is 1.89 bits per heavy atom. The van der Waals surface area contributed by atoms with E-state index in [1.165, 1.54) is 16.7 Å². The highest BCUT2D eigenvalue weighted by Gasteiger charge is 2.31. The lowest BCUT2D eigenvalue weighted by Crippen LogP contribution is -2.25. The fourth-order valence-corrected chi connectivity index (χ4v) is 4.82. The van der Waals surface area contributed by atoms with Crippen LogP contribution < -0.4 is 4.74 Å². The summed E-state index contributed by atoms with van der Waals surface area (Å²) in [5.41, 5.74) is 5.78. The van der Waals surface area contributed by atoms with Gasteiger partial charge < -0.3 is 9.47 Å². The number of hydrogen-bond acceptors (Lipinski definition) is 3. The van der Waals surface area contributed by atoms with Gasteiger partial charge in [0.2, 0.25) is 0 Å². The summed E-state index contributed by atoms with van der Waals surface area (Å²) >= 11 is 6.74. The maximum absolute atomic E-state index is 8.85. The highest BCUT2D eigenvalue weighted by Crippen LogP contribution is 2.45. The number of halogens is 1. The van der Waals surface area contributed by atoms with Gasteiger partial charge in [0.05, 0.1) is 36.3 Å². The van der Waals surface area contributed by atoms with Crippen molar-refractivity contribution in [1.29, 1.82) is 5.26 Å². The third kappa shape index (κ3) is 3.90. The monoisotopic (exact) mass is 395 g/mol. The van der Waals surface area contributed by atoms with Gasteiger partial charge in [-0.05, 0) is 54.4 Å². The van der Waals surface area contributed by atoms with E-state index >= 15 is 0 Å². The normalized spacial score (nSPS) is 23.7. The first kappa shape index (κ1) is 19.3. The van der Waals surface area contributed by atoms with Crippen LogP contribution in [-0.2, 0) is 24.0 Å². The van der Waals surface area contributed by atoms with Gasteiger partial charge in [-0.15, -0.1) is 0 Å². The van der Waals surface area contributed by atoms with E-state index in [4.69, 9.17) is 26.3 Å². The fourth-order valence-electron chi connectivity index (χ4n) is 4.53. The number of benzene rings is 2. The molecule has 1 fully saturated rings. The van der Waals surface area contributed by atoms with Crippen LogP contribution >= 0.6 is 11.6 Å². The van der Waals surface area contributed by atoms with Gasteiger partial charge in [-0.3, -0.25) is 0 Å². The molecule has 2 aromatic carbocycles. The molecule has 4 heteroatoms. The van der Waals surface area contributed by atoms with E-state index in [1.807, 2.05) is 12.1 Å². The Balaban J connectivity index is 1.67. The second kappa shape index (κ2) is 8.15. The van der Waals surface area contributed by atoms with Crippen LogP contribution in [0.25, 0.3) is 0 Å². The summed E-state index contributed by atoms with van der Waals surface area (Å²) in [6, 6.07) is 12.6. The van der Waals surface area contributed by atoms with Gasteiger partial charge in [0.15, 0.2) is 0 Å². The van der Waals surface area contributed by atoms with E-state index in [-0.39, 0.29) is 12.2 Å². The van der Waals surface area contributed by atoms with Crippen LogP contribution in [0.4, 0.5) is 0 Å². The topological polar surface area (TPSA) is 42.2 Å². The lowest BCUT2D eigenvalue weighted by Gasteiger charge is -2.33. The zero-order valence-corrected chi connectivity index (χ0v) is 17.3. The molecule has 2 aliphatic heterocycles. The zero-order chi connectivity index (χ0) is 19.7. The summed E-state index contributed by atoms with van der Waals surface area (Å²) in [6.07, 6.45) is 4.63. The number of nitriles is 1. The Morgan fingerprint density at radius 1 is 1.14 bits per heavy atom. The first-order chi connectivity index (χ1) is 13.5. The Hall–Kier alpha value is -2.02. The summed E-state index contributed by atoms with van der Waals surface area (Å²) in [6.45, 7) is 5.16. The second-order valence-electron chi connectivity index (χ2n) is 8.19. The van der Waals surface area contributed by atoms with Gasteiger partial charge in [0, 0.05) is 12.0 Å². The van der Waals surface area contributed by atoms with E-state index in [9.17, 15) is 0 Å². The number of rotatable bonds is 4. The zero-order valence-electron chi connectivity index (χ0n) is 16.5. The largest absolute Gasteiger partial charge is 0.491 e. The standard InChI is InChI=1S/C24H26ClNO2/c1-15-11-16(2)28-22(12-15)21-14-19(23(25)24-20(21)8-10-27-24)13-18-5-3-17(4-6-18)7-9-26/h3-6,14-16,22H,7-8,10-13H2,1-2H3. The lowest BCUT2D eigenvalue weighted by atomic mass is 9.86. The minimum Gasteiger partial charge on any atom is -0.491 e. The van der Waals surface area contributed by atoms with Crippen LogP contribution in [0.5, 0.6) is 5.75 Å². The van der Waals surface area contributed by atoms with E-state index in [1.54, 1.807) is 0 Å². The molecule has 3 atom stereocenters. The minimum absolute atomic E-state index is 0.114. The molecule has 1 saturated heterocycles. The van der Waals surface area contributed by atoms with E-state index < -0.39 is 0 Å². The molecule has 4 rings (SSSR count). The molecular formula is C24H26ClNO2. The molecule has 0 N–H and O–H groups in total. The maximum atomic E-state index is 8.85. The molecule has 2 aromatic rings. The lowest BCUT2D eigenvalue weighted by molar-refractivity contribution is -0.0607. The predicted molar refractivity (Wildman–Crippen MR) is 111 cm³/mol. The van der Waals surface area contributed by atoms with Crippen molar-refractivity contribution in [3.05, 3.63) is 63.2 Å². The van der Waals surface area contributed by atoms with Gasteiger partial charge in [-0.2, -0.15) is 5.26 Å². The highest BCUT2D eigenvalue weighted by atomic mass is 35.5. The van der Waals surface area contributed by atoms with Crippen molar-refractivity contribution in [3.63, 3.8) is 0 Å². The fraction of sp³-hybridized carbons (Fsp3) is 0.458. The van der Waals surface area contributed by atoms with Crippen molar-refractivity contribution in [2.24, 2.45) is 5.92 Å². The van der Waals surface area contributed by atoms with E-state index in [0.717, 1.165) is 47.6 Å². The SMILES string of the molecule is CC1CC(C)OC(c2cc(Cc3ccc(CC#N)cc3)c(Cl)c3c2CCO3)C1. The van der Waals surface area contributed by atoms with Crippen molar-refractivity contribution in [1.82, 2.24) is 0 Å². The third-order valence-corrected chi connectivity index (χ3v) is 6.24. The van der Waals surface area contributed by atoms with Crippen LogP contribution in [0.3, 0.4) is 0 Å². The van der Waals surface area contributed by atoms with Crippen LogP contribution in [0.1, 0.15) is 60.6 Å². The second-order valence-corrected chi connectivity index (χ2v) is 8.56. The first-order valence-electron chi connectivity index (χ1n) is 10.1. The van der Waals surface area contributed by atoms with Crippen LogP contribution in [-0.4, -0.2) is 12.7 Å². The van der Waals surface area contributed by atoms with Crippen molar-refractivity contribution < 1.29 is 9.47 Å². The number of hydrogen-bond donors (Lipinski definition) is 0. The van der Waals surface area contributed by atoms with Crippen LogP contribution in [0, 0.1) is 17.2 Å². The molecule has 0 bridgehead atoms. The molecule has 0 aromatic heterocycles. The Labute approximate surface area is 172 Å². The Morgan fingerprint density at radius 3 is 2.61 bits per heavy atom. The molecule has 0 spiro atoms. The van der Waals surface area contributed by atoms with E-state index in [0.29, 0.717) is 18.9 Å². The minimum atomic E-state index is 0.114. The molecule has 3 nitrogen and oxygen atoms in total. The molecule has 0 radical (unpaired) electrons. The number of fused-ring (bicyclic) bond motifs is 1. The summed E-state index contributed by atoms with van der Waals surface area (Å²) in [5, 5.41) is 9.58. The molecule has 3 unspecified atom stereocenters. The smallest absolute Gasteiger partial charge is 0.141 e. The predicted octanol–water partition coefficient (Wildman–Crippen LogP) is 5.81. The van der Waals surface area contributed by atoms with Gasteiger partial charge in [0.25, 0.3) is 0 Å². The number of nitrogens with zero attached hydrogens (tertiary/aromatic N) is 1. The maximum Gasteiger partial charge on any atom is 0.141 e. The van der Waals surface area contributed by atoms with Crippen molar-refractivity contribution in [2.75, 3.05) is 6.61 Å². The molecule has 0 saturated carbocycles. The van der Waals surface area contributed by atoms with Crippen molar-refractivity contribution in [2.45, 2.75) is 58.2 Å². The highest BCUT2D eigenvalue weighted by molar-refractivity contribution is 6.33. The van der Waals surface area contributed by atoms with Crippen molar-refractivity contribution >= 4 is 11.6 Å². The Kier molecular flexibility index (Phi) is 5.62. The number of ether oxygens (including phenoxy) is 2. The molecular weight excluding hydrogens is 370 g/mol. The third-order valence-electron chi connectivity index (χ3n) is 5.83. The van der Waals surface area contributed by atoms with Gasteiger partial charge in [-0.25, -0.2) is 0 Å². The summed E-state index contributed by atoms with van der Waals surface area (Å²) in [5.74, 6) is 1.50. The van der Waals surface area contributed by atoms with Gasteiger partial charge >= 0.3 is 0 Å². The van der Waals surface area contributed by atoms with Gasteiger partial charge in [0.1, 0.15) is 5.75 Å². The molecule has 0 aliphatic carbocycles. The van der Waals surface area contributed by atoms with E-state index in [2.05, 4.69) is 38.1 Å².